The molecule has 0 radical (unpaired) electrons. The summed E-state index contributed by atoms with van der Waals surface area (Å²) < 4.78 is 0. The first-order valence-electron chi connectivity index (χ1n) is 7.90. The Labute approximate surface area is 141 Å². The number of H-pyrrole nitrogens is 1. The first kappa shape index (κ1) is 16.0. The Morgan fingerprint density at radius 3 is 2.42 bits per heavy atom. The summed E-state index contributed by atoms with van der Waals surface area (Å²) in [5.41, 5.74) is 9.45. The molecule has 3 rings (SSSR count). The lowest BCUT2D eigenvalue weighted by atomic mass is 10.1. The third kappa shape index (κ3) is 3.70. The molecule has 0 aliphatic carbocycles. The fourth-order valence-corrected chi connectivity index (χ4v) is 2.61. The number of amides is 1. The average molecular weight is 320 g/mol. The Kier molecular flexibility index (Phi) is 5.03. The normalized spacial score (nSPS) is 10.5. The molecule has 3 aromatic rings. The summed E-state index contributed by atoms with van der Waals surface area (Å²) in [5, 5.41) is 6.73. The monoisotopic (exact) mass is 320 g/mol. The van der Waals surface area contributed by atoms with Gasteiger partial charge >= 0.3 is 0 Å². The Balaban J connectivity index is 1.77. The van der Waals surface area contributed by atoms with Crippen molar-refractivity contribution >= 4 is 5.91 Å². The molecule has 0 fully saturated rings. The van der Waals surface area contributed by atoms with E-state index in [4.69, 9.17) is 5.73 Å². The van der Waals surface area contributed by atoms with Crippen molar-refractivity contribution in [3.63, 3.8) is 0 Å². The number of aromatic amines is 1. The predicted octanol–water partition coefficient (Wildman–Crippen LogP) is 2.68. The number of carbonyl (C=O) groups excluding carboxylic acids is 1. The molecule has 5 nitrogen and oxygen atoms in total. The van der Waals surface area contributed by atoms with Gasteiger partial charge in [0.1, 0.15) is 0 Å². The summed E-state index contributed by atoms with van der Waals surface area (Å²) in [6.07, 6.45) is 3.58. The third-order valence-corrected chi connectivity index (χ3v) is 3.87. The van der Waals surface area contributed by atoms with E-state index in [0.717, 1.165) is 16.7 Å². The van der Waals surface area contributed by atoms with E-state index < -0.39 is 0 Å². The summed E-state index contributed by atoms with van der Waals surface area (Å²) >= 11 is 0. The van der Waals surface area contributed by atoms with Crippen LogP contribution in [0.3, 0.4) is 0 Å². The number of nitrogens with one attached hydrogen (secondary N) is 1. The van der Waals surface area contributed by atoms with Crippen molar-refractivity contribution in [3.8, 4) is 11.1 Å². The van der Waals surface area contributed by atoms with E-state index in [1.54, 1.807) is 11.1 Å². The number of hydrogen-bond donors (Lipinski definition) is 2. The highest BCUT2D eigenvalue weighted by Gasteiger charge is 2.15. The molecule has 0 aliphatic heterocycles. The number of carbonyl (C=O) groups is 1. The number of hydrogen-bond acceptors (Lipinski definition) is 3. The van der Waals surface area contributed by atoms with E-state index in [9.17, 15) is 4.79 Å². The lowest BCUT2D eigenvalue weighted by molar-refractivity contribution is 0.0748. The average Bonchev–Trinajstić information content (AvgIpc) is 3.16. The topological polar surface area (TPSA) is 75.0 Å². The molecule has 0 saturated carbocycles. The van der Waals surface area contributed by atoms with Gasteiger partial charge in [0.05, 0.1) is 6.20 Å². The van der Waals surface area contributed by atoms with Gasteiger partial charge in [0.15, 0.2) is 0 Å². The molecule has 0 spiro atoms. The van der Waals surface area contributed by atoms with Crippen molar-refractivity contribution < 1.29 is 4.79 Å². The van der Waals surface area contributed by atoms with Crippen molar-refractivity contribution in [2.24, 2.45) is 5.73 Å². The van der Waals surface area contributed by atoms with Crippen molar-refractivity contribution in [2.75, 3.05) is 13.1 Å². The molecule has 0 atom stereocenters. The van der Waals surface area contributed by atoms with Gasteiger partial charge in [0, 0.05) is 37.0 Å². The third-order valence-electron chi connectivity index (χ3n) is 3.87. The largest absolute Gasteiger partial charge is 0.333 e. The lowest BCUT2D eigenvalue weighted by Crippen LogP contribution is -2.34. The van der Waals surface area contributed by atoms with Gasteiger partial charge in [-0.05, 0) is 23.3 Å². The molecule has 24 heavy (non-hydrogen) atoms. The van der Waals surface area contributed by atoms with Crippen LogP contribution < -0.4 is 5.73 Å². The van der Waals surface area contributed by atoms with E-state index in [1.807, 2.05) is 60.8 Å². The Hall–Kier alpha value is -2.92. The van der Waals surface area contributed by atoms with Gasteiger partial charge in [-0.25, -0.2) is 0 Å². The van der Waals surface area contributed by atoms with Gasteiger partial charge < -0.3 is 10.6 Å². The molecule has 1 amide bonds. The quantitative estimate of drug-likeness (QED) is 0.733. The van der Waals surface area contributed by atoms with Crippen LogP contribution in [0.4, 0.5) is 0 Å². The fraction of sp³-hybridized carbons (Fsp3) is 0.158. The van der Waals surface area contributed by atoms with Crippen molar-refractivity contribution in [1.29, 1.82) is 0 Å². The SMILES string of the molecule is NCCN(Cc1ccccc1)C(=O)c1ccc(-c2cn[nH]c2)cc1. The van der Waals surface area contributed by atoms with Crippen LogP contribution in [0.1, 0.15) is 15.9 Å². The van der Waals surface area contributed by atoms with Gasteiger partial charge in [-0.15, -0.1) is 0 Å². The molecule has 5 heteroatoms. The summed E-state index contributed by atoms with van der Waals surface area (Å²) in [6.45, 7) is 1.52. The number of nitrogens with zero attached hydrogens (tertiary/aromatic N) is 2. The molecule has 122 valence electrons. The molecule has 2 aromatic carbocycles. The van der Waals surface area contributed by atoms with E-state index in [-0.39, 0.29) is 5.91 Å². The predicted molar refractivity (Wildman–Crippen MR) is 94.3 cm³/mol. The van der Waals surface area contributed by atoms with Crippen LogP contribution in [-0.4, -0.2) is 34.1 Å². The number of nitrogens with two attached hydrogens (primary N) is 1. The van der Waals surface area contributed by atoms with Crippen LogP contribution in [0.15, 0.2) is 67.0 Å². The van der Waals surface area contributed by atoms with E-state index in [0.29, 0.717) is 25.2 Å². The smallest absolute Gasteiger partial charge is 0.254 e. The van der Waals surface area contributed by atoms with Crippen molar-refractivity contribution in [1.82, 2.24) is 15.1 Å². The highest BCUT2D eigenvalue weighted by molar-refractivity contribution is 5.94. The van der Waals surface area contributed by atoms with Gasteiger partial charge in [-0.2, -0.15) is 5.10 Å². The van der Waals surface area contributed by atoms with E-state index in [1.165, 1.54) is 0 Å². The Bertz CT molecular complexity index is 767. The van der Waals surface area contributed by atoms with Crippen LogP contribution >= 0.6 is 0 Å². The van der Waals surface area contributed by atoms with Crippen LogP contribution in [0, 0.1) is 0 Å². The maximum absolute atomic E-state index is 12.8. The standard InChI is InChI=1S/C19H20N4O/c20-10-11-23(14-15-4-2-1-3-5-15)19(24)17-8-6-16(7-9-17)18-12-21-22-13-18/h1-9,12-13H,10-11,14,20H2,(H,21,22). The minimum atomic E-state index is -0.0111. The molecule has 1 aromatic heterocycles. The van der Waals surface area contributed by atoms with Gasteiger partial charge in [0.25, 0.3) is 5.91 Å². The Morgan fingerprint density at radius 1 is 1.04 bits per heavy atom. The minimum Gasteiger partial charge on any atom is -0.333 e. The second kappa shape index (κ2) is 7.57. The van der Waals surface area contributed by atoms with Gasteiger partial charge in [0.2, 0.25) is 0 Å². The second-order valence-corrected chi connectivity index (χ2v) is 5.57. The van der Waals surface area contributed by atoms with Gasteiger partial charge in [-0.1, -0.05) is 42.5 Å². The molecule has 0 saturated heterocycles. The molecule has 0 unspecified atom stereocenters. The van der Waals surface area contributed by atoms with E-state index >= 15 is 0 Å². The number of benzene rings is 2. The molecular formula is C19H20N4O. The lowest BCUT2D eigenvalue weighted by Gasteiger charge is -2.22. The van der Waals surface area contributed by atoms with Crippen LogP contribution in [0.25, 0.3) is 11.1 Å². The summed E-state index contributed by atoms with van der Waals surface area (Å²) in [7, 11) is 0. The zero-order valence-corrected chi connectivity index (χ0v) is 13.4. The highest BCUT2D eigenvalue weighted by Crippen LogP contribution is 2.19. The van der Waals surface area contributed by atoms with Gasteiger partial charge in [-0.3, -0.25) is 9.89 Å². The molecule has 3 N–H and O–H groups in total. The number of rotatable bonds is 6. The van der Waals surface area contributed by atoms with Crippen molar-refractivity contribution in [3.05, 3.63) is 78.1 Å². The Morgan fingerprint density at radius 2 is 1.79 bits per heavy atom. The van der Waals surface area contributed by atoms with Crippen LogP contribution in [-0.2, 0) is 6.54 Å². The highest BCUT2D eigenvalue weighted by atomic mass is 16.2. The fourth-order valence-electron chi connectivity index (χ4n) is 2.61. The summed E-state index contributed by atoms with van der Waals surface area (Å²) in [6, 6.07) is 17.5. The number of aromatic nitrogens is 2. The maximum atomic E-state index is 12.8. The molecule has 0 bridgehead atoms. The van der Waals surface area contributed by atoms with Crippen LogP contribution in [0.2, 0.25) is 0 Å². The van der Waals surface area contributed by atoms with E-state index in [2.05, 4.69) is 10.2 Å². The molecular weight excluding hydrogens is 300 g/mol. The van der Waals surface area contributed by atoms with Crippen LogP contribution in [0.5, 0.6) is 0 Å². The minimum absolute atomic E-state index is 0.0111. The summed E-state index contributed by atoms with van der Waals surface area (Å²) in [5.74, 6) is -0.0111. The maximum Gasteiger partial charge on any atom is 0.254 e. The first-order valence-corrected chi connectivity index (χ1v) is 7.90. The van der Waals surface area contributed by atoms with Crippen molar-refractivity contribution in [2.45, 2.75) is 6.54 Å². The molecule has 1 heterocycles. The summed E-state index contributed by atoms with van der Waals surface area (Å²) in [4.78, 5) is 14.6. The second-order valence-electron chi connectivity index (χ2n) is 5.57. The zero-order chi connectivity index (χ0) is 16.8. The molecule has 0 aliphatic rings. The first-order chi connectivity index (χ1) is 11.8. The zero-order valence-electron chi connectivity index (χ0n) is 13.4.